The number of carboxylic acids is 1. The maximum atomic E-state index is 11.3. The highest BCUT2D eigenvalue weighted by atomic mass is 16.5. The molecule has 1 atom stereocenters. The molecular weight excluding hydrogens is 200 g/mol. The van der Waals surface area contributed by atoms with E-state index in [1.165, 1.54) is 6.92 Å². The number of carbonyl (C=O) groups is 3. The molecule has 0 aromatic heterocycles. The smallest absolute Gasteiger partial charge is 0.372 e. The van der Waals surface area contributed by atoms with Crippen LogP contribution in [0.5, 0.6) is 0 Å². The molecule has 86 valence electrons. The topological polar surface area (TPSA) is 80.7 Å². The van der Waals surface area contributed by atoms with Gasteiger partial charge in [-0.3, -0.25) is 9.59 Å². The van der Waals surface area contributed by atoms with Crippen LogP contribution in [0, 0.1) is 11.3 Å². The maximum absolute atomic E-state index is 11.3. The largest absolute Gasteiger partial charge is 0.475 e. The van der Waals surface area contributed by atoms with Crippen molar-refractivity contribution in [3.05, 3.63) is 0 Å². The first kappa shape index (κ1) is 13.6. The predicted octanol–water partition coefficient (Wildman–Crippen LogP) is 0.866. The summed E-state index contributed by atoms with van der Waals surface area (Å²) in [5, 5.41) is 8.39. The van der Waals surface area contributed by atoms with Gasteiger partial charge in [0.25, 0.3) is 0 Å². The van der Waals surface area contributed by atoms with Crippen LogP contribution in [0.15, 0.2) is 0 Å². The Kier molecular flexibility index (Phi) is 4.45. The first-order valence-electron chi connectivity index (χ1n) is 4.60. The molecule has 5 heteroatoms. The molecular formula is C10H16O5. The van der Waals surface area contributed by atoms with Crippen molar-refractivity contribution in [2.75, 3.05) is 6.61 Å². The van der Waals surface area contributed by atoms with E-state index in [1.807, 2.05) is 0 Å². The lowest BCUT2D eigenvalue weighted by Crippen LogP contribution is -2.29. The summed E-state index contributed by atoms with van der Waals surface area (Å²) >= 11 is 0. The summed E-state index contributed by atoms with van der Waals surface area (Å²) in [5.74, 6) is -3.72. The number of rotatable bonds is 4. The van der Waals surface area contributed by atoms with Gasteiger partial charge < -0.3 is 9.84 Å². The fraction of sp³-hybridized carbons (Fsp3) is 0.700. The van der Waals surface area contributed by atoms with Crippen molar-refractivity contribution < 1.29 is 24.2 Å². The van der Waals surface area contributed by atoms with Gasteiger partial charge in [0.05, 0.1) is 11.3 Å². The van der Waals surface area contributed by atoms with Gasteiger partial charge in [-0.1, -0.05) is 6.92 Å². The van der Waals surface area contributed by atoms with Gasteiger partial charge in [0.1, 0.15) is 6.61 Å². The maximum Gasteiger partial charge on any atom is 0.372 e. The van der Waals surface area contributed by atoms with Gasteiger partial charge in [-0.05, 0) is 20.8 Å². The molecule has 0 aliphatic rings. The Morgan fingerprint density at radius 3 is 2.07 bits per heavy atom. The number of aliphatic carboxylic acids is 1. The number of ether oxygens (including phenoxy) is 1. The molecule has 0 bridgehead atoms. The molecule has 0 aromatic rings. The van der Waals surface area contributed by atoms with Crippen LogP contribution >= 0.6 is 0 Å². The minimum atomic E-state index is -1.51. The highest BCUT2D eigenvalue weighted by molar-refractivity contribution is 6.33. The lowest BCUT2D eigenvalue weighted by molar-refractivity contribution is -0.158. The minimum Gasteiger partial charge on any atom is -0.475 e. The summed E-state index contributed by atoms with van der Waals surface area (Å²) in [6.07, 6.45) is 0. The SMILES string of the molecule is CC(COC(=O)C(C)(C)C)C(=O)C(=O)O. The van der Waals surface area contributed by atoms with E-state index in [9.17, 15) is 14.4 Å². The van der Waals surface area contributed by atoms with Crippen molar-refractivity contribution in [2.45, 2.75) is 27.7 Å². The monoisotopic (exact) mass is 216 g/mol. The zero-order chi connectivity index (χ0) is 12.2. The van der Waals surface area contributed by atoms with Crippen molar-refractivity contribution in [1.82, 2.24) is 0 Å². The summed E-state index contributed by atoms with van der Waals surface area (Å²) in [6.45, 7) is 6.25. The van der Waals surface area contributed by atoms with E-state index in [2.05, 4.69) is 0 Å². The van der Waals surface area contributed by atoms with E-state index in [4.69, 9.17) is 9.84 Å². The fourth-order valence-corrected chi connectivity index (χ4v) is 0.704. The summed E-state index contributed by atoms with van der Waals surface area (Å²) in [4.78, 5) is 32.5. The predicted molar refractivity (Wildman–Crippen MR) is 52.2 cm³/mol. The highest BCUT2D eigenvalue weighted by Crippen LogP contribution is 2.15. The summed E-state index contributed by atoms with van der Waals surface area (Å²) < 4.78 is 4.82. The van der Waals surface area contributed by atoms with E-state index < -0.39 is 29.1 Å². The second kappa shape index (κ2) is 4.91. The van der Waals surface area contributed by atoms with E-state index in [-0.39, 0.29) is 6.61 Å². The average molecular weight is 216 g/mol. The molecule has 0 heterocycles. The van der Waals surface area contributed by atoms with Gasteiger partial charge in [-0.15, -0.1) is 0 Å². The molecule has 1 unspecified atom stereocenters. The Morgan fingerprint density at radius 1 is 1.27 bits per heavy atom. The number of hydrogen-bond acceptors (Lipinski definition) is 4. The van der Waals surface area contributed by atoms with E-state index >= 15 is 0 Å². The van der Waals surface area contributed by atoms with Gasteiger partial charge in [-0.25, -0.2) is 4.79 Å². The van der Waals surface area contributed by atoms with E-state index in [1.54, 1.807) is 20.8 Å². The molecule has 0 saturated heterocycles. The molecule has 15 heavy (non-hydrogen) atoms. The van der Waals surface area contributed by atoms with Crippen LogP contribution in [0.2, 0.25) is 0 Å². The molecule has 5 nitrogen and oxygen atoms in total. The van der Waals surface area contributed by atoms with Gasteiger partial charge in [0.2, 0.25) is 5.78 Å². The molecule has 0 spiro atoms. The third-order valence-electron chi connectivity index (χ3n) is 1.74. The number of carbonyl (C=O) groups excluding carboxylic acids is 2. The standard InChI is InChI=1S/C10H16O5/c1-6(7(11)8(12)13)5-15-9(14)10(2,3)4/h6H,5H2,1-4H3,(H,12,13). The third-order valence-corrected chi connectivity index (χ3v) is 1.74. The van der Waals surface area contributed by atoms with Crippen molar-refractivity contribution in [1.29, 1.82) is 0 Å². The Labute approximate surface area is 88.4 Å². The van der Waals surface area contributed by atoms with Crippen molar-refractivity contribution >= 4 is 17.7 Å². The normalized spacial score (nSPS) is 13.1. The fourth-order valence-electron chi connectivity index (χ4n) is 0.704. The van der Waals surface area contributed by atoms with Crippen LogP contribution in [0.3, 0.4) is 0 Å². The summed E-state index contributed by atoms with van der Waals surface area (Å²) in [6, 6.07) is 0. The Hall–Kier alpha value is -1.39. The third kappa shape index (κ3) is 4.58. The quantitative estimate of drug-likeness (QED) is 0.557. The van der Waals surface area contributed by atoms with Crippen LogP contribution in [0.25, 0.3) is 0 Å². The second-order valence-electron chi connectivity index (χ2n) is 4.42. The molecule has 0 saturated carbocycles. The number of ketones is 1. The molecule has 0 amide bonds. The zero-order valence-electron chi connectivity index (χ0n) is 9.36. The van der Waals surface area contributed by atoms with Crippen molar-refractivity contribution in [3.8, 4) is 0 Å². The Balaban J connectivity index is 4.13. The van der Waals surface area contributed by atoms with Crippen LogP contribution in [0.4, 0.5) is 0 Å². The first-order valence-corrected chi connectivity index (χ1v) is 4.60. The van der Waals surface area contributed by atoms with Crippen LogP contribution in [0.1, 0.15) is 27.7 Å². The second-order valence-corrected chi connectivity index (χ2v) is 4.42. The van der Waals surface area contributed by atoms with Crippen LogP contribution in [-0.2, 0) is 19.1 Å². The first-order chi connectivity index (χ1) is 6.66. The van der Waals surface area contributed by atoms with Crippen molar-refractivity contribution in [2.24, 2.45) is 11.3 Å². The molecule has 0 rings (SSSR count). The summed E-state index contributed by atoms with van der Waals surface area (Å²) in [5.41, 5.74) is -0.647. The van der Waals surface area contributed by atoms with Gasteiger partial charge in [0.15, 0.2) is 0 Å². The average Bonchev–Trinajstić information content (AvgIpc) is 2.10. The lowest BCUT2D eigenvalue weighted by Gasteiger charge is -2.17. The number of carboxylic acid groups (broad SMARTS) is 1. The highest BCUT2D eigenvalue weighted by Gasteiger charge is 2.26. The minimum absolute atomic E-state index is 0.193. The molecule has 1 N–H and O–H groups in total. The molecule has 0 aliphatic heterocycles. The number of esters is 1. The zero-order valence-corrected chi connectivity index (χ0v) is 9.36. The van der Waals surface area contributed by atoms with E-state index in [0.717, 1.165) is 0 Å². The molecule has 0 fully saturated rings. The lowest BCUT2D eigenvalue weighted by atomic mass is 9.97. The van der Waals surface area contributed by atoms with E-state index in [0.29, 0.717) is 0 Å². The number of hydrogen-bond donors (Lipinski definition) is 1. The number of Topliss-reactive ketones (excluding diaryl/α,β-unsaturated/α-hetero) is 1. The van der Waals surface area contributed by atoms with Crippen LogP contribution < -0.4 is 0 Å². The van der Waals surface area contributed by atoms with Gasteiger partial charge in [-0.2, -0.15) is 0 Å². The molecule has 0 aromatic carbocycles. The van der Waals surface area contributed by atoms with Gasteiger partial charge in [0, 0.05) is 0 Å². The molecule has 0 radical (unpaired) electrons. The van der Waals surface area contributed by atoms with Crippen LogP contribution in [-0.4, -0.2) is 29.4 Å². The Bertz CT molecular complexity index is 274. The van der Waals surface area contributed by atoms with Gasteiger partial charge >= 0.3 is 11.9 Å². The van der Waals surface area contributed by atoms with Crippen molar-refractivity contribution in [3.63, 3.8) is 0 Å². The summed E-state index contributed by atoms with van der Waals surface area (Å²) in [7, 11) is 0. The molecule has 0 aliphatic carbocycles. The Morgan fingerprint density at radius 2 is 1.73 bits per heavy atom.